The van der Waals surface area contributed by atoms with Gasteiger partial charge in [0.05, 0.1) is 12.6 Å². The van der Waals surface area contributed by atoms with Gasteiger partial charge in [-0.15, -0.1) is 10.2 Å². The molecule has 2 aliphatic carbocycles. The molecule has 26 heavy (non-hydrogen) atoms. The third kappa shape index (κ3) is 3.87. The molecule has 3 rings (SSSR count). The van der Waals surface area contributed by atoms with Crippen molar-refractivity contribution in [2.24, 2.45) is 10.4 Å². The highest BCUT2D eigenvalue weighted by Crippen LogP contribution is 2.54. The molecular weight excluding hydrogens is 328 g/mol. The van der Waals surface area contributed by atoms with E-state index in [1.165, 1.54) is 25.7 Å². The molecule has 7 nitrogen and oxygen atoms in total. The summed E-state index contributed by atoms with van der Waals surface area (Å²) in [5, 5.41) is 15.2. The summed E-state index contributed by atoms with van der Waals surface area (Å²) in [6.45, 7) is 9.52. The monoisotopic (exact) mass is 362 g/mol. The molecule has 7 heteroatoms. The third-order valence-corrected chi connectivity index (χ3v) is 5.97. The van der Waals surface area contributed by atoms with Gasteiger partial charge in [-0.3, -0.25) is 4.99 Å². The van der Waals surface area contributed by atoms with Gasteiger partial charge in [0.2, 0.25) is 0 Å². The number of aromatic nitrogens is 3. The fourth-order valence-electron chi connectivity index (χ4n) is 4.58. The van der Waals surface area contributed by atoms with Crippen molar-refractivity contribution in [1.29, 1.82) is 0 Å². The van der Waals surface area contributed by atoms with Crippen molar-refractivity contribution in [3.05, 3.63) is 12.2 Å². The number of ether oxygens (including phenoxy) is 1. The van der Waals surface area contributed by atoms with Gasteiger partial charge in [0.15, 0.2) is 5.96 Å². The first-order valence-electron chi connectivity index (χ1n) is 10.3. The summed E-state index contributed by atoms with van der Waals surface area (Å²) in [6, 6.07) is 0.473. The van der Waals surface area contributed by atoms with Gasteiger partial charge >= 0.3 is 0 Å². The maximum absolute atomic E-state index is 6.03. The summed E-state index contributed by atoms with van der Waals surface area (Å²) < 4.78 is 8.11. The Hall–Kier alpha value is -1.63. The SMILES string of the molecule is CCNC(=NCCn1cnnc1CC)NC1CC(OCC)C12CCCC2. The van der Waals surface area contributed by atoms with E-state index in [-0.39, 0.29) is 0 Å². The number of rotatable bonds is 8. The van der Waals surface area contributed by atoms with Crippen LogP contribution in [-0.4, -0.2) is 52.6 Å². The van der Waals surface area contributed by atoms with Crippen LogP contribution in [0, 0.1) is 5.41 Å². The van der Waals surface area contributed by atoms with Gasteiger partial charge in [-0.1, -0.05) is 19.8 Å². The van der Waals surface area contributed by atoms with Crippen LogP contribution in [0.3, 0.4) is 0 Å². The quantitative estimate of drug-likeness (QED) is 0.547. The molecule has 146 valence electrons. The molecule has 0 amide bonds. The van der Waals surface area contributed by atoms with Gasteiger partial charge in [-0.05, 0) is 33.1 Å². The number of nitrogens with one attached hydrogen (secondary N) is 2. The van der Waals surface area contributed by atoms with E-state index in [1.807, 2.05) is 0 Å². The normalized spacial score (nSPS) is 24.7. The number of hydrogen-bond acceptors (Lipinski definition) is 4. The van der Waals surface area contributed by atoms with Crippen LogP contribution in [0.4, 0.5) is 0 Å². The molecule has 2 unspecified atom stereocenters. The lowest BCUT2D eigenvalue weighted by Crippen LogP contribution is -2.65. The molecule has 1 aromatic rings. The number of guanidine groups is 1. The zero-order valence-corrected chi connectivity index (χ0v) is 16.5. The van der Waals surface area contributed by atoms with Crippen LogP contribution in [0.5, 0.6) is 0 Å². The highest BCUT2D eigenvalue weighted by Gasteiger charge is 2.56. The Morgan fingerprint density at radius 3 is 2.85 bits per heavy atom. The first kappa shape index (κ1) is 19.1. The minimum atomic E-state index is 0.315. The van der Waals surface area contributed by atoms with Gasteiger partial charge in [0, 0.05) is 37.6 Å². The van der Waals surface area contributed by atoms with Crippen molar-refractivity contribution in [2.75, 3.05) is 19.7 Å². The van der Waals surface area contributed by atoms with E-state index in [0.717, 1.165) is 50.9 Å². The molecule has 1 heterocycles. The average molecular weight is 363 g/mol. The van der Waals surface area contributed by atoms with Crippen LogP contribution in [0.25, 0.3) is 0 Å². The lowest BCUT2D eigenvalue weighted by molar-refractivity contribution is -0.125. The molecule has 0 aromatic carbocycles. The standard InChI is InChI=1S/C19H34N6O/c1-4-17-24-22-14-25(17)12-11-21-18(20-5-2)23-15-13-16(26-6-3)19(15)9-7-8-10-19/h14-16H,4-13H2,1-3H3,(H2,20,21,23). The van der Waals surface area contributed by atoms with Crippen molar-refractivity contribution < 1.29 is 4.74 Å². The predicted molar refractivity (Wildman–Crippen MR) is 103 cm³/mol. The molecule has 0 radical (unpaired) electrons. The molecule has 2 fully saturated rings. The van der Waals surface area contributed by atoms with Gasteiger partial charge in [0.25, 0.3) is 0 Å². The zero-order chi connectivity index (χ0) is 18.4. The number of aliphatic imine (C=N–C) groups is 1. The fraction of sp³-hybridized carbons (Fsp3) is 0.842. The van der Waals surface area contributed by atoms with E-state index in [0.29, 0.717) is 17.6 Å². The summed E-state index contributed by atoms with van der Waals surface area (Å²) in [4.78, 5) is 4.79. The van der Waals surface area contributed by atoms with E-state index in [2.05, 4.69) is 46.2 Å². The average Bonchev–Trinajstić information content (AvgIpc) is 3.31. The number of aryl methyl sites for hydroxylation is 1. The van der Waals surface area contributed by atoms with E-state index in [4.69, 9.17) is 9.73 Å². The van der Waals surface area contributed by atoms with Crippen molar-refractivity contribution in [1.82, 2.24) is 25.4 Å². The summed E-state index contributed by atoms with van der Waals surface area (Å²) in [6.07, 6.45) is 9.38. The maximum atomic E-state index is 6.03. The van der Waals surface area contributed by atoms with Crippen LogP contribution in [-0.2, 0) is 17.7 Å². The van der Waals surface area contributed by atoms with Crippen LogP contribution in [0.2, 0.25) is 0 Å². The van der Waals surface area contributed by atoms with Crippen molar-refractivity contribution in [3.8, 4) is 0 Å². The van der Waals surface area contributed by atoms with E-state index >= 15 is 0 Å². The number of nitrogens with zero attached hydrogens (tertiary/aromatic N) is 4. The second-order valence-corrected chi connectivity index (χ2v) is 7.37. The minimum Gasteiger partial charge on any atom is -0.378 e. The molecule has 2 aliphatic rings. The van der Waals surface area contributed by atoms with Crippen molar-refractivity contribution in [2.45, 2.75) is 78.0 Å². The van der Waals surface area contributed by atoms with Crippen LogP contribution < -0.4 is 10.6 Å². The molecule has 1 spiro atoms. The highest BCUT2D eigenvalue weighted by molar-refractivity contribution is 5.80. The predicted octanol–water partition coefficient (Wildman–Crippen LogP) is 2.13. The van der Waals surface area contributed by atoms with E-state index < -0.39 is 0 Å². The van der Waals surface area contributed by atoms with Gasteiger partial charge in [-0.2, -0.15) is 0 Å². The lowest BCUT2D eigenvalue weighted by atomic mass is 9.60. The summed E-state index contributed by atoms with van der Waals surface area (Å²) in [7, 11) is 0. The Balaban J connectivity index is 1.59. The molecule has 0 aliphatic heterocycles. The Morgan fingerprint density at radius 1 is 1.35 bits per heavy atom. The zero-order valence-electron chi connectivity index (χ0n) is 16.5. The second-order valence-electron chi connectivity index (χ2n) is 7.37. The summed E-state index contributed by atoms with van der Waals surface area (Å²) in [5.74, 6) is 1.94. The molecule has 2 saturated carbocycles. The summed E-state index contributed by atoms with van der Waals surface area (Å²) in [5.41, 5.74) is 0.315. The Kier molecular flexibility index (Phi) is 6.51. The van der Waals surface area contributed by atoms with Crippen LogP contribution in [0.1, 0.15) is 58.7 Å². The first-order chi connectivity index (χ1) is 12.7. The molecule has 0 bridgehead atoms. The Bertz CT molecular complexity index is 593. The first-order valence-corrected chi connectivity index (χ1v) is 10.3. The minimum absolute atomic E-state index is 0.315. The Labute approximate surface area is 157 Å². The second kappa shape index (κ2) is 8.84. The van der Waals surface area contributed by atoms with Crippen molar-refractivity contribution >= 4 is 5.96 Å². The van der Waals surface area contributed by atoms with E-state index in [1.54, 1.807) is 6.33 Å². The molecule has 1 aromatic heterocycles. The topological polar surface area (TPSA) is 76.4 Å². The lowest BCUT2D eigenvalue weighted by Gasteiger charge is -2.54. The van der Waals surface area contributed by atoms with E-state index in [9.17, 15) is 0 Å². The van der Waals surface area contributed by atoms with Gasteiger partial charge in [0.1, 0.15) is 12.2 Å². The fourth-order valence-corrected chi connectivity index (χ4v) is 4.58. The molecule has 2 atom stereocenters. The highest BCUT2D eigenvalue weighted by atomic mass is 16.5. The number of hydrogen-bond donors (Lipinski definition) is 2. The molecule has 0 saturated heterocycles. The van der Waals surface area contributed by atoms with Crippen molar-refractivity contribution in [3.63, 3.8) is 0 Å². The Morgan fingerprint density at radius 2 is 2.15 bits per heavy atom. The largest absolute Gasteiger partial charge is 0.378 e. The van der Waals surface area contributed by atoms with Crippen LogP contribution in [0.15, 0.2) is 11.3 Å². The third-order valence-electron chi connectivity index (χ3n) is 5.97. The van der Waals surface area contributed by atoms with Crippen LogP contribution >= 0.6 is 0 Å². The van der Waals surface area contributed by atoms with Gasteiger partial charge in [-0.25, -0.2) is 0 Å². The molecular formula is C19H34N6O. The smallest absolute Gasteiger partial charge is 0.191 e. The van der Waals surface area contributed by atoms with Gasteiger partial charge < -0.3 is 19.9 Å². The maximum Gasteiger partial charge on any atom is 0.191 e. The summed E-state index contributed by atoms with van der Waals surface area (Å²) >= 11 is 0. The molecule has 2 N–H and O–H groups in total.